The van der Waals surface area contributed by atoms with Crippen LogP contribution in [-0.4, -0.2) is 35.9 Å². The lowest BCUT2D eigenvalue weighted by Crippen LogP contribution is -2.14. The minimum absolute atomic E-state index is 0.0408. The third kappa shape index (κ3) is 4.76. The first-order valence-electron chi connectivity index (χ1n) is 9.03. The van der Waals surface area contributed by atoms with Crippen molar-refractivity contribution in [1.29, 1.82) is 0 Å². The fraction of sp³-hybridized carbons (Fsp3) is 0.0500. The van der Waals surface area contributed by atoms with Gasteiger partial charge < -0.3 is 5.32 Å². The number of non-ortho nitro benzene ring substituents is 1. The Bertz CT molecular complexity index is 1210. The molecule has 0 aliphatic heterocycles. The number of aromatic nitrogens is 4. The van der Waals surface area contributed by atoms with Gasteiger partial charge in [0.1, 0.15) is 0 Å². The number of carbonyl (C=O) groups excluding carboxylic acids is 1. The highest BCUT2D eigenvalue weighted by molar-refractivity contribution is 7.99. The maximum atomic E-state index is 12.4. The van der Waals surface area contributed by atoms with Crippen LogP contribution in [0.25, 0.3) is 11.6 Å². The van der Waals surface area contributed by atoms with Crippen LogP contribution in [0.2, 0.25) is 5.02 Å². The molecule has 11 heteroatoms. The van der Waals surface area contributed by atoms with Gasteiger partial charge in [-0.2, -0.15) is 0 Å². The third-order valence-corrected chi connectivity index (χ3v) is 5.41. The molecule has 0 saturated heterocycles. The molecule has 2 heterocycles. The Morgan fingerprint density at radius 1 is 1.06 bits per heavy atom. The molecule has 0 bridgehead atoms. The Balaban J connectivity index is 1.52. The third-order valence-electron chi connectivity index (χ3n) is 4.23. The maximum Gasteiger partial charge on any atom is 0.269 e. The summed E-state index contributed by atoms with van der Waals surface area (Å²) in [4.78, 5) is 22.6. The molecule has 156 valence electrons. The van der Waals surface area contributed by atoms with Gasteiger partial charge in [0.25, 0.3) is 5.69 Å². The second kappa shape index (κ2) is 9.02. The standard InChI is InChI=1S/C20H15ClN6O3S/c21-14-3-7-16(8-4-14)26-19(25-11-1-2-12-25)23-24-20(26)31-13-18(28)22-15-5-9-17(10-6-15)27(29)30/h1-12H,13H2,(H,22,28). The van der Waals surface area contributed by atoms with Gasteiger partial charge in [-0.3, -0.25) is 24.0 Å². The topological polar surface area (TPSA) is 108 Å². The molecule has 31 heavy (non-hydrogen) atoms. The number of carbonyl (C=O) groups is 1. The number of rotatable bonds is 7. The predicted molar refractivity (Wildman–Crippen MR) is 118 cm³/mol. The molecule has 0 radical (unpaired) electrons. The van der Waals surface area contributed by atoms with Crippen LogP contribution in [0.1, 0.15) is 0 Å². The highest BCUT2D eigenvalue weighted by atomic mass is 35.5. The number of amides is 1. The van der Waals surface area contributed by atoms with Gasteiger partial charge in [0.15, 0.2) is 5.16 Å². The Morgan fingerprint density at radius 3 is 2.39 bits per heavy atom. The number of benzene rings is 2. The minimum Gasteiger partial charge on any atom is -0.325 e. The lowest BCUT2D eigenvalue weighted by Gasteiger charge is -2.11. The molecule has 4 rings (SSSR count). The second-order valence-corrected chi connectivity index (χ2v) is 7.70. The predicted octanol–water partition coefficient (Wildman–Crippen LogP) is 4.35. The van der Waals surface area contributed by atoms with E-state index in [0.29, 0.717) is 21.8 Å². The van der Waals surface area contributed by atoms with Crippen molar-refractivity contribution in [2.75, 3.05) is 11.1 Å². The number of anilines is 1. The van der Waals surface area contributed by atoms with Crippen LogP contribution in [-0.2, 0) is 4.79 Å². The molecule has 2 aromatic carbocycles. The van der Waals surface area contributed by atoms with Crippen LogP contribution >= 0.6 is 23.4 Å². The van der Waals surface area contributed by atoms with Gasteiger partial charge in [-0.15, -0.1) is 10.2 Å². The highest BCUT2D eigenvalue weighted by Gasteiger charge is 2.17. The van der Waals surface area contributed by atoms with E-state index in [1.54, 1.807) is 12.1 Å². The summed E-state index contributed by atoms with van der Waals surface area (Å²) in [6.07, 6.45) is 3.71. The van der Waals surface area contributed by atoms with Crippen molar-refractivity contribution in [3.8, 4) is 11.6 Å². The Hall–Kier alpha value is -3.63. The van der Waals surface area contributed by atoms with E-state index in [0.717, 1.165) is 5.69 Å². The Labute approximate surface area is 185 Å². The van der Waals surface area contributed by atoms with Crippen molar-refractivity contribution >= 4 is 40.6 Å². The molecule has 0 fully saturated rings. The molecular formula is C20H15ClN6O3S. The zero-order valence-electron chi connectivity index (χ0n) is 15.9. The lowest BCUT2D eigenvalue weighted by molar-refractivity contribution is -0.384. The largest absolute Gasteiger partial charge is 0.325 e. The Morgan fingerprint density at radius 2 is 1.74 bits per heavy atom. The number of nitro benzene ring substituents is 1. The van der Waals surface area contributed by atoms with E-state index in [1.165, 1.54) is 36.0 Å². The second-order valence-electron chi connectivity index (χ2n) is 6.33. The van der Waals surface area contributed by atoms with Crippen molar-refractivity contribution < 1.29 is 9.72 Å². The molecule has 9 nitrogen and oxygen atoms in total. The monoisotopic (exact) mass is 454 g/mol. The van der Waals surface area contributed by atoms with Crippen molar-refractivity contribution in [3.63, 3.8) is 0 Å². The summed E-state index contributed by atoms with van der Waals surface area (Å²) >= 11 is 7.24. The van der Waals surface area contributed by atoms with Gasteiger partial charge in [0.05, 0.1) is 16.4 Å². The van der Waals surface area contributed by atoms with Gasteiger partial charge >= 0.3 is 0 Å². The van der Waals surface area contributed by atoms with Gasteiger partial charge in [-0.25, -0.2) is 0 Å². The number of hydrogen-bond acceptors (Lipinski definition) is 6. The van der Waals surface area contributed by atoms with Crippen molar-refractivity contribution in [3.05, 3.63) is 88.2 Å². The molecule has 0 saturated carbocycles. The summed E-state index contributed by atoms with van der Waals surface area (Å²) in [5.41, 5.74) is 1.24. The average Bonchev–Trinajstić information content (AvgIpc) is 3.43. The summed E-state index contributed by atoms with van der Waals surface area (Å²) in [6, 6.07) is 16.6. The number of nitrogens with one attached hydrogen (secondary N) is 1. The summed E-state index contributed by atoms with van der Waals surface area (Å²) in [7, 11) is 0. The Kier molecular flexibility index (Phi) is 6.01. The van der Waals surface area contributed by atoms with E-state index in [-0.39, 0.29) is 17.3 Å². The van der Waals surface area contributed by atoms with Crippen LogP contribution in [0.3, 0.4) is 0 Å². The first kappa shape index (κ1) is 20.6. The molecule has 0 atom stereocenters. The van der Waals surface area contributed by atoms with E-state index in [4.69, 9.17) is 11.6 Å². The fourth-order valence-electron chi connectivity index (χ4n) is 2.80. The van der Waals surface area contributed by atoms with Crippen LogP contribution in [0, 0.1) is 10.1 Å². The van der Waals surface area contributed by atoms with Crippen LogP contribution in [0.5, 0.6) is 0 Å². The van der Waals surface area contributed by atoms with E-state index >= 15 is 0 Å². The average molecular weight is 455 g/mol. The van der Waals surface area contributed by atoms with E-state index in [2.05, 4.69) is 15.5 Å². The number of hydrogen-bond donors (Lipinski definition) is 1. The van der Waals surface area contributed by atoms with Gasteiger partial charge in [0, 0.05) is 35.2 Å². The first-order chi connectivity index (χ1) is 15.0. The van der Waals surface area contributed by atoms with Crippen LogP contribution < -0.4 is 5.32 Å². The summed E-state index contributed by atoms with van der Waals surface area (Å²) in [5, 5.41) is 23.1. The quantitative estimate of drug-likeness (QED) is 0.252. The summed E-state index contributed by atoms with van der Waals surface area (Å²) in [6.45, 7) is 0. The zero-order chi connectivity index (χ0) is 21.8. The van der Waals surface area contributed by atoms with Gasteiger partial charge in [0.2, 0.25) is 11.9 Å². The molecule has 2 aromatic heterocycles. The maximum absolute atomic E-state index is 12.4. The zero-order valence-corrected chi connectivity index (χ0v) is 17.5. The molecule has 0 unspecified atom stereocenters. The van der Waals surface area contributed by atoms with Crippen LogP contribution in [0.4, 0.5) is 11.4 Å². The van der Waals surface area contributed by atoms with Crippen LogP contribution in [0.15, 0.2) is 78.2 Å². The number of nitro groups is 1. The van der Waals surface area contributed by atoms with Crippen molar-refractivity contribution in [1.82, 2.24) is 19.3 Å². The van der Waals surface area contributed by atoms with E-state index in [9.17, 15) is 14.9 Å². The number of nitrogens with zero attached hydrogens (tertiary/aromatic N) is 5. The molecule has 4 aromatic rings. The smallest absolute Gasteiger partial charge is 0.269 e. The summed E-state index contributed by atoms with van der Waals surface area (Å²) in [5.74, 6) is 0.381. The summed E-state index contributed by atoms with van der Waals surface area (Å²) < 4.78 is 3.66. The number of thioether (sulfide) groups is 1. The van der Waals surface area contributed by atoms with Gasteiger partial charge in [-0.05, 0) is 48.5 Å². The SMILES string of the molecule is O=C(CSc1nnc(-n2cccc2)n1-c1ccc(Cl)cc1)Nc1ccc([N+](=O)[O-])cc1. The molecular weight excluding hydrogens is 440 g/mol. The first-order valence-corrected chi connectivity index (χ1v) is 10.4. The molecule has 0 spiro atoms. The van der Waals surface area contributed by atoms with E-state index < -0.39 is 4.92 Å². The molecule has 1 amide bonds. The molecule has 1 N–H and O–H groups in total. The van der Waals surface area contributed by atoms with Crippen molar-refractivity contribution in [2.45, 2.75) is 5.16 Å². The fourth-order valence-corrected chi connectivity index (χ4v) is 3.67. The number of halogens is 1. The highest BCUT2D eigenvalue weighted by Crippen LogP contribution is 2.25. The minimum atomic E-state index is -0.493. The molecule has 0 aliphatic carbocycles. The normalized spacial score (nSPS) is 10.7. The van der Waals surface area contributed by atoms with E-state index in [1.807, 2.05) is 45.8 Å². The lowest BCUT2D eigenvalue weighted by atomic mass is 10.3. The van der Waals surface area contributed by atoms with Gasteiger partial charge in [-0.1, -0.05) is 23.4 Å². The van der Waals surface area contributed by atoms with Crippen molar-refractivity contribution in [2.24, 2.45) is 0 Å². The molecule has 0 aliphatic rings.